The minimum absolute atomic E-state index is 0.0666. The highest BCUT2D eigenvalue weighted by molar-refractivity contribution is 5.91. The third kappa shape index (κ3) is 6.14. The fraction of sp³-hybridized carbons (Fsp3) is 0.576. The fourth-order valence-electron chi connectivity index (χ4n) is 7.33. The average Bonchev–Trinajstić information content (AvgIpc) is 3.77. The highest BCUT2D eigenvalue weighted by atomic mass is 16.6. The van der Waals surface area contributed by atoms with Crippen LogP contribution in [0.1, 0.15) is 70.3 Å². The lowest BCUT2D eigenvalue weighted by Crippen LogP contribution is -2.55. The quantitative estimate of drug-likeness (QED) is 0.484. The molecule has 1 saturated heterocycles. The summed E-state index contributed by atoms with van der Waals surface area (Å²) in [5.74, 6) is 0.0568. The van der Waals surface area contributed by atoms with E-state index in [4.69, 9.17) is 18.9 Å². The summed E-state index contributed by atoms with van der Waals surface area (Å²) in [6.45, 7) is 2.34. The number of carboxylic acids is 1. The van der Waals surface area contributed by atoms with Crippen LogP contribution in [0.25, 0.3) is 17.0 Å². The number of hydrogen-bond donors (Lipinski definition) is 2. The van der Waals surface area contributed by atoms with Gasteiger partial charge in [-0.25, -0.2) is 14.6 Å². The first kappa shape index (κ1) is 30.0. The van der Waals surface area contributed by atoms with E-state index in [2.05, 4.69) is 16.4 Å². The first-order valence-electron chi connectivity index (χ1n) is 15.8. The van der Waals surface area contributed by atoms with Gasteiger partial charge in [0, 0.05) is 29.5 Å². The van der Waals surface area contributed by atoms with Gasteiger partial charge in [0.1, 0.15) is 35.8 Å². The van der Waals surface area contributed by atoms with Crippen molar-refractivity contribution in [2.75, 3.05) is 20.3 Å². The predicted molar refractivity (Wildman–Crippen MR) is 162 cm³/mol. The zero-order valence-electron chi connectivity index (χ0n) is 25.3. The summed E-state index contributed by atoms with van der Waals surface area (Å²) in [6, 6.07) is 3.56. The highest BCUT2D eigenvalue weighted by Crippen LogP contribution is 2.38. The van der Waals surface area contributed by atoms with Crippen molar-refractivity contribution >= 4 is 34.9 Å². The molecule has 2 saturated carbocycles. The molecule has 1 aromatic heterocycles. The van der Waals surface area contributed by atoms with Gasteiger partial charge in [0.15, 0.2) is 0 Å². The van der Waals surface area contributed by atoms with E-state index in [1.165, 1.54) is 4.90 Å². The standard InChI is InChI=1S/C33H41N3O8/c1-3-42-29-17-28-23-14-21(27(41-2)16-24(23)34-29)12-6-10-19-11-7-13-26(19)44-33(40)35-30(20-8-4-5-9-20)31(37)36-18-22(43-28)15-25(36)32(38)39/h6,12,14,16-17,19-20,22,25-26,30H,3-5,7-11,13,15,18H2,1-2H3,(H,35,40)(H,38,39)/b12-6+/t19-,22-,25+,26-,30+/m1/s1. The summed E-state index contributed by atoms with van der Waals surface area (Å²) < 4.78 is 23.9. The Bertz CT molecular complexity index is 1440. The molecule has 2 aromatic rings. The number of carbonyl (C=O) groups excluding carboxylic acids is 2. The number of hydrogen-bond acceptors (Lipinski definition) is 8. The topological polar surface area (TPSA) is 137 Å². The van der Waals surface area contributed by atoms with Crippen LogP contribution in [-0.4, -0.2) is 77.5 Å². The van der Waals surface area contributed by atoms with Crippen LogP contribution in [0.2, 0.25) is 0 Å². The molecule has 0 radical (unpaired) electrons. The van der Waals surface area contributed by atoms with Crippen LogP contribution in [0, 0.1) is 11.8 Å². The molecule has 0 unspecified atom stereocenters. The number of allylic oxidation sites excluding steroid dienone is 1. The lowest BCUT2D eigenvalue weighted by atomic mass is 9.96. The Hall–Kier alpha value is -4.02. The van der Waals surface area contributed by atoms with Crippen LogP contribution >= 0.6 is 0 Å². The largest absolute Gasteiger partial charge is 0.496 e. The number of aliphatic carboxylic acids is 1. The number of nitrogens with one attached hydrogen (secondary N) is 1. The van der Waals surface area contributed by atoms with Gasteiger partial charge in [-0.2, -0.15) is 0 Å². The molecule has 6 rings (SSSR count). The first-order chi connectivity index (χ1) is 21.3. The van der Waals surface area contributed by atoms with Crippen LogP contribution in [-0.2, 0) is 14.3 Å². The summed E-state index contributed by atoms with van der Waals surface area (Å²) in [5, 5.41) is 13.8. The Balaban J connectivity index is 1.42. The minimum Gasteiger partial charge on any atom is -0.496 e. The number of benzene rings is 1. The van der Waals surface area contributed by atoms with Gasteiger partial charge in [-0.3, -0.25) is 4.79 Å². The van der Waals surface area contributed by atoms with E-state index in [9.17, 15) is 19.5 Å². The average molecular weight is 608 g/mol. The molecule has 1 aromatic carbocycles. The number of pyridine rings is 1. The summed E-state index contributed by atoms with van der Waals surface area (Å²) in [4.78, 5) is 45.8. The van der Waals surface area contributed by atoms with Gasteiger partial charge in [-0.1, -0.05) is 25.0 Å². The normalized spacial score (nSPS) is 28.5. The lowest BCUT2D eigenvalue weighted by molar-refractivity contribution is -0.149. The van der Waals surface area contributed by atoms with Gasteiger partial charge < -0.3 is 34.3 Å². The van der Waals surface area contributed by atoms with Crippen molar-refractivity contribution < 1.29 is 38.4 Å². The van der Waals surface area contributed by atoms with Crippen molar-refractivity contribution in [2.24, 2.45) is 11.8 Å². The van der Waals surface area contributed by atoms with E-state index in [1.807, 2.05) is 25.1 Å². The van der Waals surface area contributed by atoms with Gasteiger partial charge in [0.05, 0.1) is 25.8 Å². The Kier molecular flexibility index (Phi) is 8.81. The number of alkyl carbamates (subject to hydrolysis) is 1. The molecular formula is C33H41N3O8. The van der Waals surface area contributed by atoms with E-state index in [-0.39, 0.29) is 30.9 Å². The van der Waals surface area contributed by atoms with Crippen LogP contribution in [0.3, 0.4) is 0 Å². The van der Waals surface area contributed by atoms with Crippen molar-refractivity contribution in [2.45, 2.75) is 89.0 Å². The van der Waals surface area contributed by atoms with E-state index < -0.39 is 36.2 Å². The molecule has 2 aliphatic carbocycles. The van der Waals surface area contributed by atoms with E-state index in [0.717, 1.165) is 55.9 Å². The van der Waals surface area contributed by atoms with Crippen LogP contribution in [0.15, 0.2) is 24.3 Å². The van der Waals surface area contributed by atoms with E-state index in [0.29, 0.717) is 35.9 Å². The fourth-order valence-corrected chi connectivity index (χ4v) is 7.33. The zero-order valence-corrected chi connectivity index (χ0v) is 25.3. The van der Waals surface area contributed by atoms with Gasteiger partial charge in [0.25, 0.3) is 0 Å². The molecule has 5 atom stereocenters. The summed E-state index contributed by atoms with van der Waals surface area (Å²) in [6.07, 6.45) is 9.54. The molecule has 11 nitrogen and oxygen atoms in total. The summed E-state index contributed by atoms with van der Waals surface area (Å²) in [7, 11) is 1.61. The van der Waals surface area contributed by atoms with Crippen molar-refractivity contribution in [1.29, 1.82) is 0 Å². The molecule has 4 aliphatic rings. The van der Waals surface area contributed by atoms with Crippen molar-refractivity contribution in [3.63, 3.8) is 0 Å². The van der Waals surface area contributed by atoms with Gasteiger partial charge in [0.2, 0.25) is 11.8 Å². The maximum Gasteiger partial charge on any atom is 0.408 e. The molecule has 3 heterocycles. The SMILES string of the molecule is CCOc1cc2c3cc(c(OC)cc3n1)/C=C/C[C@@H]1CCC[C@H]1OC(=O)N[C@@H](C1CCCC1)C(=O)N1C[C@@H](C[C@H]1C(=O)O)O2. The van der Waals surface area contributed by atoms with Crippen molar-refractivity contribution in [3.05, 3.63) is 29.8 Å². The Morgan fingerprint density at radius 2 is 1.89 bits per heavy atom. The molecule has 3 fully saturated rings. The van der Waals surface area contributed by atoms with E-state index >= 15 is 0 Å². The summed E-state index contributed by atoms with van der Waals surface area (Å²) in [5.41, 5.74) is 1.44. The predicted octanol–water partition coefficient (Wildman–Crippen LogP) is 4.95. The van der Waals surface area contributed by atoms with Gasteiger partial charge >= 0.3 is 12.1 Å². The maximum absolute atomic E-state index is 14.1. The first-order valence-corrected chi connectivity index (χ1v) is 15.8. The third-order valence-corrected chi connectivity index (χ3v) is 9.51. The summed E-state index contributed by atoms with van der Waals surface area (Å²) >= 11 is 0. The smallest absolute Gasteiger partial charge is 0.408 e. The number of aromatic nitrogens is 1. The van der Waals surface area contributed by atoms with Gasteiger partial charge in [-0.05, 0) is 63.4 Å². The van der Waals surface area contributed by atoms with Gasteiger partial charge in [-0.15, -0.1) is 0 Å². The Morgan fingerprint density at radius 3 is 2.64 bits per heavy atom. The lowest BCUT2D eigenvalue weighted by Gasteiger charge is -2.31. The number of carboxylic acid groups (broad SMARTS) is 1. The molecule has 2 N–H and O–H groups in total. The molecule has 4 bridgehead atoms. The zero-order chi connectivity index (χ0) is 30.8. The maximum atomic E-state index is 14.1. The second kappa shape index (κ2) is 12.9. The Labute approximate surface area is 256 Å². The molecule has 2 aliphatic heterocycles. The number of ether oxygens (including phenoxy) is 4. The molecule has 0 spiro atoms. The monoisotopic (exact) mass is 607 g/mol. The van der Waals surface area contributed by atoms with Crippen LogP contribution < -0.4 is 19.5 Å². The molecule has 44 heavy (non-hydrogen) atoms. The van der Waals surface area contributed by atoms with E-state index in [1.54, 1.807) is 13.2 Å². The number of methoxy groups -OCH3 is 1. The van der Waals surface area contributed by atoms with Crippen molar-refractivity contribution in [1.82, 2.24) is 15.2 Å². The highest BCUT2D eigenvalue weighted by Gasteiger charge is 2.46. The number of carbonyl (C=O) groups is 3. The second-order valence-corrected chi connectivity index (χ2v) is 12.3. The molecule has 2 amide bonds. The molecule has 11 heteroatoms. The number of amides is 2. The van der Waals surface area contributed by atoms with Crippen molar-refractivity contribution in [3.8, 4) is 17.4 Å². The molecule has 236 valence electrons. The Morgan fingerprint density at radius 1 is 1.09 bits per heavy atom. The number of fused-ring (bicyclic) bond motifs is 4. The second-order valence-electron chi connectivity index (χ2n) is 12.3. The van der Waals surface area contributed by atoms with Crippen LogP contribution in [0.4, 0.5) is 4.79 Å². The van der Waals surface area contributed by atoms with Crippen LogP contribution in [0.5, 0.6) is 17.4 Å². The number of rotatable bonds is 5. The number of nitrogens with zero attached hydrogens (tertiary/aromatic N) is 2. The minimum atomic E-state index is -1.11. The third-order valence-electron chi connectivity index (χ3n) is 9.51. The molecular weight excluding hydrogens is 566 g/mol.